The van der Waals surface area contributed by atoms with Gasteiger partial charge in [-0.3, -0.25) is 9.48 Å². The maximum absolute atomic E-state index is 12.2. The summed E-state index contributed by atoms with van der Waals surface area (Å²) in [6, 6.07) is 7.82. The van der Waals surface area contributed by atoms with Crippen LogP contribution in [0.1, 0.15) is 35.4 Å². The molecule has 23 heavy (non-hydrogen) atoms. The Balaban J connectivity index is 1.79. The van der Waals surface area contributed by atoms with Crippen LogP contribution in [0.15, 0.2) is 24.3 Å². The molecule has 0 aliphatic heterocycles. The Labute approximate surface area is 142 Å². The maximum Gasteiger partial charge on any atom is 0.225 e. The van der Waals surface area contributed by atoms with Crippen LogP contribution in [0.4, 0.5) is 0 Å². The predicted molar refractivity (Wildman–Crippen MR) is 91.5 cm³/mol. The normalized spacial score (nSPS) is 14.1. The van der Waals surface area contributed by atoms with E-state index in [1.807, 2.05) is 47.8 Å². The Bertz CT molecular complexity index is 734. The highest BCUT2D eigenvalue weighted by Gasteiger charge is 2.32. The molecule has 122 valence electrons. The summed E-state index contributed by atoms with van der Waals surface area (Å²) in [7, 11) is 1.88. The van der Waals surface area contributed by atoms with Crippen molar-refractivity contribution in [1.29, 1.82) is 0 Å². The van der Waals surface area contributed by atoms with Gasteiger partial charge in [0.25, 0.3) is 0 Å². The van der Waals surface area contributed by atoms with Gasteiger partial charge in [0.05, 0.1) is 12.2 Å². The standard InChI is InChI=1S/C18H22ClN3O/c1-12-16(11-21(3)18(23)14-8-9-14)13(2)22(20-12)10-15-6-4-5-7-17(15)19/h4-7,14H,8-11H2,1-3H3. The van der Waals surface area contributed by atoms with Gasteiger partial charge in [0.15, 0.2) is 0 Å². The molecule has 1 aromatic heterocycles. The minimum atomic E-state index is 0.249. The van der Waals surface area contributed by atoms with Crippen molar-refractivity contribution in [3.63, 3.8) is 0 Å². The van der Waals surface area contributed by atoms with Gasteiger partial charge in [0, 0.05) is 35.8 Å². The number of carbonyl (C=O) groups is 1. The van der Waals surface area contributed by atoms with Crippen LogP contribution in [-0.4, -0.2) is 27.6 Å². The molecule has 0 unspecified atom stereocenters. The van der Waals surface area contributed by atoms with Crippen LogP contribution >= 0.6 is 11.6 Å². The van der Waals surface area contributed by atoms with Crippen LogP contribution in [0.2, 0.25) is 5.02 Å². The first-order chi connectivity index (χ1) is 11.0. The zero-order valence-electron chi connectivity index (χ0n) is 13.8. The summed E-state index contributed by atoms with van der Waals surface area (Å²) in [5.74, 6) is 0.501. The molecular formula is C18H22ClN3O. The second-order valence-corrected chi connectivity index (χ2v) is 6.77. The Morgan fingerprint density at radius 1 is 1.35 bits per heavy atom. The quantitative estimate of drug-likeness (QED) is 0.840. The van der Waals surface area contributed by atoms with E-state index in [4.69, 9.17) is 11.6 Å². The van der Waals surface area contributed by atoms with Crippen molar-refractivity contribution >= 4 is 17.5 Å². The third kappa shape index (κ3) is 3.42. The van der Waals surface area contributed by atoms with Crippen LogP contribution in [0, 0.1) is 19.8 Å². The SMILES string of the molecule is Cc1nn(Cc2ccccc2Cl)c(C)c1CN(C)C(=O)C1CC1. The van der Waals surface area contributed by atoms with E-state index < -0.39 is 0 Å². The van der Waals surface area contributed by atoms with Crippen LogP contribution in [0.3, 0.4) is 0 Å². The number of hydrogen-bond donors (Lipinski definition) is 0. The number of carbonyl (C=O) groups excluding carboxylic acids is 1. The number of hydrogen-bond acceptors (Lipinski definition) is 2. The van der Waals surface area contributed by atoms with Gasteiger partial charge in [-0.05, 0) is 38.3 Å². The Morgan fingerprint density at radius 3 is 2.70 bits per heavy atom. The Morgan fingerprint density at radius 2 is 2.04 bits per heavy atom. The number of halogens is 1. The Hall–Kier alpha value is -1.81. The molecule has 1 aliphatic carbocycles. The van der Waals surface area contributed by atoms with Crippen molar-refractivity contribution in [3.05, 3.63) is 51.8 Å². The molecule has 1 amide bonds. The van der Waals surface area contributed by atoms with Gasteiger partial charge >= 0.3 is 0 Å². The summed E-state index contributed by atoms with van der Waals surface area (Å²) in [5, 5.41) is 5.39. The first-order valence-corrected chi connectivity index (χ1v) is 8.36. The van der Waals surface area contributed by atoms with Gasteiger partial charge in [-0.25, -0.2) is 0 Å². The fraction of sp³-hybridized carbons (Fsp3) is 0.444. The van der Waals surface area contributed by atoms with Crippen molar-refractivity contribution in [2.24, 2.45) is 5.92 Å². The second-order valence-electron chi connectivity index (χ2n) is 6.37. The predicted octanol–water partition coefficient (Wildman–Crippen LogP) is 3.57. The molecule has 0 spiro atoms. The molecule has 0 N–H and O–H groups in total. The summed E-state index contributed by atoms with van der Waals surface area (Å²) < 4.78 is 1.97. The first-order valence-electron chi connectivity index (χ1n) is 7.98. The maximum atomic E-state index is 12.2. The van der Waals surface area contributed by atoms with Crippen molar-refractivity contribution in [1.82, 2.24) is 14.7 Å². The van der Waals surface area contributed by atoms with Gasteiger partial charge < -0.3 is 4.90 Å². The topological polar surface area (TPSA) is 38.1 Å². The minimum Gasteiger partial charge on any atom is -0.341 e. The van der Waals surface area contributed by atoms with E-state index in [1.165, 1.54) is 0 Å². The number of aromatic nitrogens is 2. The molecule has 1 heterocycles. The van der Waals surface area contributed by atoms with Crippen LogP contribution in [0.5, 0.6) is 0 Å². The van der Waals surface area contributed by atoms with Crippen molar-refractivity contribution in [3.8, 4) is 0 Å². The molecule has 1 aliphatic rings. The third-order valence-corrected chi connectivity index (χ3v) is 4.88. The van der Waals surface area contributed by atoms with E-state index in [0.717, 1.165) is 40.4 Å². The highest BCUT2D eigenvalue weighted by molar-refractivity contribution is 6.31. The highest BCUT2D eigenvalue weighted by atomic mass is 35.5. The molecule has 0 saturated heterocycles. The van der Waals surface area contributed by atoms with E-state index in [9.17, 15) is 4.79 Å². The zero-order valence-corrected chi connectivity index (χ0v) is 14.6. The summed E-state index contributed by atoms with van der Waals surface area (Å²) in [4.78, 5) is 14.0. The van der Waals surface area contributed by atoms with Gasteiger partial charge in [-0.15, -0.1) is 0 Å². The first kappa shape index (κ1) is 16.1. The van der Waals surface area contributed by atoms with E-state index in [-0.39, 0.29) is 11.8 Å². The van der Waals surface area contributed by atoms with Crippen molar-refractivity contribution < 1.29 is 4.79 Å². The van der Waals surface area contributed by atoms with E-state index in [2.05, 4.69) is 12.0 Å². The van der Waals surface area contributed by atoms with E-state index >= 15 is 0 Å². The minimum absolute atomic E-state index is 0.249. The van der Waals surface area contributed by atoms with Crippen molar-refractivity contribution in [2.45, 2.75) is 39.8 Å². The number of aryl methyl sites for hydroxylation is 1. The van der Waals surface area contributed by atoms with Gasteiger partial charge in [-0.2, -0.15) is 5.10 Å². The number of benzene rings is 1. The molecule has 0 atom stereocenters. The van der Waals surface area contributed by atoms with E-state index in [1.54, 1.807) is 0 Å². The molecule has 2 aromatic rings. The summed E-state index contributed by atoms with van der Waals surface area (Å²) in [5.41, 5.74) is 4.25. The second kappa shape index (κ2) is 6.36. The van der Waals surface area contributed by atoms with Crippen LogP contribution in [-0.2, 0) is 17.9 Å². The molecular weight excluding hydrogens is 310 g/mol. The summed E-state index contributed by atoms with van der Waals surface area (Å²) in [6.45, 7) is 5.32. The molecule has 5 heteroatoms. The van der Waals surface area contributed by atoms with Crippen molar-refractivity contribution in [2.75, 3.05) is 7.05 Å². The summed E-state index contributed by atoms with van der Waals surface area (Å²) >= 11 is 6.25. The highest BCUT2D eigenvalue weighted by Crippen LogP contribution is 2.31. The number of amides is 1. The van der Waals surface area contributed by atoms with Crippen LogP contribution in [0.25, 0.3) is 0 Å². The fourth-order valence-corrected chi connectivity index (χ4v) is 3.06. The lowest BCUT2D eigenvalue weighted by Crippen LogP contribution is -2.28. The smallest absolute Gasteiger partial charge is 0.225 e. The fourth-order valence-electron chi connectivity index (χ4n) is 2.86. The molecule has 1 aromatic carbocycles. The molecule has 1 fully saturated rings. The lowest BCUT2D eigenvalue weighted by Gasteiger charge is -2.17. The molecule has 3 rings (SSSR count). The largest absolute Gasteiger partial charge is 0.341 e. The Kier molecular flexibility index (Phi) is 4.44. The molecule has 1 saturated carbocycles. The molecule has 0 bridgehead atoms. The third-order valence-electron chi connectivity index (χ3n) is 4.51. The van der Waals surface area contributed by atoms with Gasteiger partial charge in [0.1, 0.15) is 0 Å². The van der Waals surface area contributed by atoms with Crippen LogP contribution < -0.4 is 0 Å². The zero-order chi connectivity index (χ0) is 16.6. The molecule has 4 nitrogen and oxygen atoms in total. The lowest BCUT2D eigenvalue weighted by molar-refractivity contribution is -0.131. The van der Waals surface area contributed by atoms with E-state index in [0.29, 0.717) is 13.1 Å². The van der Waals surface area contributed by atoms with Gasteiger partial charge in [-0.1, -0.05) is 29.8 Å². The average Bonchev–Trinajstić information content (AvgIpc) is 3.33. The molecule has 0 radical (unpaired) electrons. The average molecular weight is 332 g/mol. The summed E-state index contributed by atoms with van der Waals surface area (Å²) in [6.07, 6.45) is 2.07. The van der Waals surface area contributed by atoms with Gasteiger partial charge in [0.2, 0.25) is 5.91 Å². The number of rotatable bonds is 5. The monoisotopic (exact) mass is 331 g/mol. The number of nitrogens with zero attached hydrogens (tertiary/aromatic N) is 3. The lowest BCUT2D eigenvalue weighted by atomic mass is 10.1.